The highest BCUT2D eigenvalue weighted by Gasteiger charge is 2.42. The summed E-state index contributed by atoms with van der Waals surface area (Å²) < 4.78 is 6.14. The van der Waals surface area contributed by atoms with Gasteiger partial charge in [-0.3, -0.25) is 0 Å². The molecule has 3 aliphatic carbocycles. The van der Waals surface area contributed by atoms with Crippen LogP contribution in [0.5, 0.6) is 0 Å². The highest BCUT2D eigenvalue weighted by molar-refractivity contribution is 5.85. The van der Waals surface area contributed by atoms with Crippen LogP contribution >= 0.6 is 12.4 Å². The predicted molar refractivity (Wildman–Crippen MR) is 106 cm³/mol. The first-order valence-corrected chi connectivity index (χ1v) is 9.08. The highest BCUT2D eigenvalue weighted by Crippen LogP contribution is 2.55. The Morgan fingerprint density at radius 3 is 2.00 bits per heavy atom. The molecule has 134 valence electrons. The van der Waals surface area contributed by atoms with Gasteiger partial charge in [0.25, 0.3) is 0 Å². The summed E-state index contributed by atoms with van der Waals surface area (Å²) in [5.41, 5.74) is 6.14. The van der Waals surface area contributed by atoms with Gasteiger partial charge in [0.05, 0.1) is 13.2 Å². The molecular weight excluding hydrogens is 330 g/mol. The summed E-state index contributed by atoms with van der Waals surface area (Å²) in [4.78, 5) is 2.22. The van der Waals surface area contributed by atoms with E-state index in [2.05, 4.69) is 74.4 Å². The predicted octanol–water partition coefficient (Wildman–Crippen LogP) is 4.67. The largest absolute Gasteiger partial charge is 0.380 e. The first kappa shape index (κ1) is 18.4. The number of nitrogens with zero attached hydrogens (tertiary/aromatic N) is 1. The molecule has 0 radical (unpaired) electrons. The normalized spacial score (nSPS) is 24.4. The number of hydrogen-bond acceptors (Lipinski definition) is 2. The van der Waals surface area contributed by atoms with Crippen LogP contribution in [0.1, 0.15) is 47.4 Å². The Kier molecular flexibility index (Phi) is 5.52. The van der Waals surface area contributed by atoms with Crippen molar-refractivity contribution in [3.05, 3.63) is 70.8 Å². The van der Waals surface area contributed by atoms with Crippen molar-refractivity contribution in [2.75, 3.05) is 27.3 Å². The topological polar surface area (TPSA) is 12.5 Å². The number of likely N-dealkylation sites (N-methyl/N-ethyl adjacent to an activating group) is 1. The van der Waals surface area contributed by atoms with Crippen molar-refractivity contribution in [1.29, 1.82) is 0 Å². The summed E-state index contributed by atoms with van der Waals surface area (Å²) in [5, 5.41) is 0. The molecule has 0 saturated heterocycles. The summed E-state index contributed by atoms with van der Waals surface area (Å²) in [6.07, 6.45) is 1.22. The molecule has 0 heterocycles. The fraction of sp³-hybridized carbons (Fsp3) is 0.455. The van der Waals surface area contributed by atoms with Crippen LogP contribution in [0.4, 0.5) is 0 Å². The molecule has 0 fully saturated rings. The van der Waals surface area contributed by atoms with Gasteiger partial charge in [-0.2, -0.15) is 0 Å². The molecule has 0 spiro atoms. The number of benzene rings is 2. The zero-order chi connectivity index (χ0) is 16.7. The maximum atomic E-state index is 6.14. The average Bonchev–Trinajstić information content (AvgIpc) is 2.62. The van der Waals surface area contributed by atoms with E-state index in [4.69, 9.17) is 4.74 Å². The first-order chi connectivity index (χ1) is 11.7. The number of rotatable bonds is 5. The Morgan fingerprint density at radius 1 is 0.960 bits per heavy atom. The van der Waals surface area contributed by atoms with Gasteiger partial charge in [0, 0.05) is 17.9 Å². The fourth-order valence-electron chi connectivity index (χ4n) is 4.46. The van der Waals surface area contributed by atoms with Gasteiger partial charge in [-0.1, -0.05) is 48.5 Å². The van der Waals surface area contributed by atoms with Crippen molar-refractivity contribution in [1.82, 2.24) is 4.90 Å². The third-order valence-corrected chi connectivity index (χ3v) is 6.00. The zero-order valence-electron chi connectivity index (χ0n) is 15.3. The molecule has 0 N–H and O–H groups in total. The molecule has 3 aliphatic rings. The van der Waals surface area contributed by atoms with Crippen molar-refractivity contribution in [3.8, 4) is 0 Å². The monoisotopic (exact) mass is 357 g/mol. The standard InChI is InChI=1S/C22H27NO.ClH/c1-15(23(2)3)13-24-14-16-12-21-17-8-4-6-10-19(17)22(16)20-11-7-5-9-18(20)21;/h4-11,15-16,21-22H,12-14H2,1-3H3;1H. The van der Waals surface area contributed by atoms with Crippen LogP contribution in [0.25, 0.3) is 0 Å². The van der Waals surface area contributed by atoms with E-state index < -0.39 is 0 Å². The number of fused-ring (bicyclic) bond motifs is 1. The quantitative estimate of drug-likeness (QED) is 0.770. The number of hydrogen-bond donors (Lipinski definition) is 0. The minimum atomic E-state index is 0. The Hall–Kier alpha value is -1.35. The van der Waals surface area contributed by atoms with Gasteiger partial charge in [-0.25, -0.2) is 0 Å². The Morgan fingerprint density at radius 2 is 1.48 bits per heavy atom. The lowest BCUT2D eigenvalue weighted by Gasteiger charge is -2.45. The summed E-state index contributed by atoms with van der Waals surface area (Å²) in [6.45, 7) is 3.89. The van der Waals surface area contributed by atoms with Crippen LogP contribution in [0.15, 0.2) is 48.5 Å². The lowest BCUT2D eigenvalue weighted by molar-refractivity contribution is 0.0505. The van der Waals surface area contributed by atoms with E-state index in [1.54, 1.807) is 11.1 Å². The van der Waals surface area contributed by atoms with Gasteiger partial charge in [-0.05, 0) is 55.6 Å². The molecule has 3 heteroatoms. The molecule has 25 heavy (non-hydrogen) atoms. The number of ether oxygens (including phenoxy) is 1. The van der Waals surface area contributed by atoms with Gasteiger partial charge >= 0.3 is 0 Å². The number of halogens is 1. The fourth-order valence-corrected chi connectivity index (χ4v) is 4.46. The molecule has 2 aromatic carbocycles. The SMILES string of the molecule is CC(COCC1CC2c3ccccc3C1c1ccccc12)N(C)C.Cl. The Labute approximate surface area is 157 Å². The molecule has 0 aromatic heterocycles. The smallest absolute Gasteiger partial charge is 0.0619 e. The second-order valence-corrected chi connectivity index (χ2v) is 7.63. The van der Waals surface area contributed by atoms with Crippen molar-refractivity contribution >= 4 is 12.4 Å². The minimum absolute atomic E-state index is 0. The van der Waals surface area contributed by atoms with Crippen LogP contribution < -0.4 is 0 Å². The lowest BCUT2D eigenvalue weighted by Crippen LogP contribution is -2.36. The minimum Gasteiger partial charge on any atom is -0.380 e. The van der Waals surface area contributed by atoms with Gasteiger partial charge in [-0.15, -0.1) is 12.4 Å². The molecule has 0 aliphatic heterocycles. The van der Waals surface area contributed by atoms with Gasteiger partial charge < -0.3 is 9.64 Å². The maximum absolute atomic E-state index is 6.14. The zero-order valence-corrected chi connectivity index (χ0v) is 16.1. The summed E-state index contributed by atoms with van der Waals surface area (Å²) in [7, 11) is 4.23. The van der Waals surface area contributed by atoms with E-state index in [9.17, 15) is 0 Å². The van der Waals surface area contributed by atoms with E-state index >= 15 is 0 Å². The summed E-state index contributed by atoms with van der Waals surface area (Å²) in [5.74, 6) is 1.63. The second kappa shape index (κ2) is 7.49. The van der Waals surface area contributed by atoms with Crippen LogP contribution in [-0.2, 0) is 4.74 Å². The maximum Gasteiger partial charge on any atom is 0.0619 e. The summed E-state index contributed by atoms with van der Waals surface area (Å²) in [6, 6.07) is 18.5. The third-order valence-electron chi connectivity index (χ3n) is 6.00. The van der Waals surface area contributed by atoms with Crippen LogP contribution in [0.2, 0.25) is 0 Å². The Bertz CT molecular complexity index is 682. The molecule has 2 bridgehead atoms. The van der Waals surface area contributed by atoms with E-state index in [0.717, 1.165) is 13.2 Å². The lowest BCUT2D eigenvalue weighted by atomic mass is 9.59. The second-order valence-electron chi connectivity index (χ2n) is 7.63. The van der Waals surface area contributed by atoms with Crippen molar-refractivity contribution in [2.45, 2.75) is 31.2 Å². The molecule has 0 amide bonds. The van der Waals surface area contributed by atoms with E-state index in [1.165, 1.54) is 17.5 Å². The van der Waals surface area contributed by atoms with Crippen LogP contribution in [-0.4, -0.2) is 38.3 Å². The third kappa shape index (κ3) is 3.23. The van der Waals surface area contributed by atoms with E-state index in [1.807, 2.05) is 0 Å². The molecule has 2 aromatic rings. The van der Waals surface area contributed by atoms with Gasteiger partial charge in [0.1, 0.15) is 0 Å². The van der Waals surface area contributed by atoms with Gasteiger partial charge in [0.2, 0.25) is 0 Å². The van der Waals surface area contributed by atoms with E-state index in [0.29, 0.717) is 23.8 Å². The molecule has 5 rings (SSSR count). The van der Waals surface area contributed by atoms with Crippen molar-refractivity contribution in [2.24, 2.45) is 5.92 Å². The summed E-state index contributed by atoms with van der Waals surface area (Å²) >= 11 is 0. The highest BCUT2D eigenvalue weighted by atomic mass is 35.5. The molecule has 2 nitrogen and oxygen atoms in total. The average molecular weight is 358 g/mol. The first-order valence-electron chi connectivity index (χ1n) is 9.08. The molecule has 0 saturated carbocycles. The van der Waals surface area contributed by atoms with Crippen LogP contribution in [0, 0.1) is 5.92 Å². The molecule has 2 unspecified atom stereocenters. The van der Waals surface area contributed by atoms with Crippen molar-refractivity contribution in [3.63, 3.8) is 0 Å². The van der Waals surface area contributed by atoms with Crippen molar-refractivity contribution < 1.29 is 4.74 Å². The van der Waals surface area contributed by atoms with Gasteiger partial charge in [0.15, 0.2) is 0 Å². The molecule has 2 atom stereocenters. The van der Waals surface area contributed by atoms with E-state index in [-0.39, 0.29) is 12.4 Å². The van der Waals surface area contributed by atoms with Crippen LogP contribution in [0.3, 0.4) is 0 Å². The molecular formula is C22H28ClNO. The Balaban J connectivity index is 0.00000182.